The molecule has 0 aliphatic carbocycles. The summed E-state index contributed by atoms with van der Waals surface area (Å²) >= 11 is 1.43. The summed E-state index contributed by atoms with van der Waals surface area (Å²) in [6.45, 7) is 5.47. The van der Waals surface area contributed by atoms with E-state index < -0.39 is 12.1 Å². The molecule has 9 heteroatoms. The largest absolute Gasteiger partial charge is 0.493 e. The predicted octanol–water partition coefficient (Wildman–Crippen LogP) is 3.55. The van der Waals surface area contributed by atoms with Gasteiger partial charge in [-0.15, -0.1) is 11.3 Å². The number of ether oxygens (including phenoxy) is 4. The van der Waals surface area contributed by atoms with Gasteiger partial charge in [-0.25, -0.2) is 9.78 Å². The van der Waals surface area contributed by atoms with Crippen molar-refractivity contribution in [3.8, 4) is 17.2 Å². The second-order valence-corrected chi connectivity index (χ2v) is 7.55. The number of methoxy groups -OCH3 is 3. The first-order valence-corrected chi connectivity index (χ1v) is 9.63. The number of nitrogens with one attached hydrogen (secondary N) is 1. The molecule has 2 aromatic heterocycles. The number of H-pyrrole nitrogens is 1. The van der Waals surface area contributed by atoms with Crippen molar-refractivity contribution in [2.75, 3.05) is 21.3 Å². The number of hydrogen-bond donors (Lipinski definition) is 1. The van der Waals surface area contributed by atoms with Crippen molar-refractivity contribution in [3.63, 3.8) is 0 Å². The lowest BCUT2D eigenvalue weighted by Gasteiger charge is -2.17. The molecule has 0 unspecified atom stereocenters. The van der Waals surface area contributed by atoms with Crippen LogP contribution in [0.5, 0.6) is 17.2 Å². The minimum Gasteiger partial charge on any atom is -0.493 e. The summed E-state index contributed by atoms with van der Waals surface area (Å²) in [5, 5.41) is 0.566. The first-order valence-electron chi connectivity index (χ1n) is 8.82. The van der Waals surface area contributed by atoms with Gasteiger partial charge in [0, 0.05) is 4.88 Å². The van der Waals surface area contributed by atoms with Gasteiger partial charge in [0.2, 0.25) is 5.75 Å². The number of esters is 1. The summed E-state index contributed by atoms with van der Waals surface area (Å²) < 4.78 is 21.4. The van der Waals surface area contributed by atoms with Crippen molar-refractivity contribution in [2.45, 2.75) is 26.9 Å². The molecule has 0 amide bonds. The Kier molecular flexibility index (Phi) is 5.78. The van der Waals surface area contributed by atoms with E-state index in [1.807, 2.05) is 13.8 Å². The number of carbonyl (C=O) groups is 1. The molecular formula is C20H22N2O6S. The molecule has 0 saturated heterocycles. The summed E-state index contributed by atoms with van der Waals surface area (Å²) in [6, 6.07) is 3.12. The van der Waals surface area contributed by atoms with Crippen LogP contribution < -0.4 is 19.8 Å². The lowest BCUT2D eigenvalue weighted by Crippen LogP contribution is -2.17. The Labute approximate surface area is 171 Å². The molecule has 0 fully saturated rings. The van der Waals surface area contributed by atoms with E-state index in [-0.39, 0.29) is 28.4 Å². The van der Waals surface area contributed by atoms with Gasteiger partial charge in [-0.2, -0.15) is 0 Å². The van der Waals surface area contributed by atoms with Crippen LogP contribution in [0.15, 0.2) is 16.9 Å². The van der Waals surface area contributed by atoms with Gasteiger partial charge in [0.15, 0.2) is 23.4 Å². The lowest BCUT2D eigenvalue weighted by atomic mass is 10.1. The number of hydrogen-bond acceptors (Lipinski definition) is 8. The van der Waals surface area contributed by atoms with Crippen molar-refractivity contribution in [2.24, 2.45) is 0 Å². The van der Waals surface area contributed by atoms with Gasteiger partial charge in [0.1, 0.15) is 10.4 Å². The smallest absolute Gasteiger partial charge is 0.342 e. The van der Waals surface area contributed by atoms with Gasteiger partial charge in [-0.3, -0.25) is 4.79 Å². The van der Waals surface area contributed by atoms with Crippen LogP contribution in [-0.2, 0) is 4.74 Å². The zero-order chi connectivity index (χ0) is 21.3. The molecule has 3 aromatic rings. The summed E-state index contributed by atoms with van der Waals surface area (Å²) in [5.74, 6) is 0.544. The van der Waals surface area contributed by atoms with E-state index in [2.05, 4.69) is 9.97 Å². The molecule has 8 nitrogen and oxygen atoms in total. The predicted molar refractivity (Wildman–Crippen MR) is 110 cm³/mol. The maximum atomic E-state index is 12.8. The van der Waals surface area contributed by atoms with Crippen LogP contribution in [-0.4, -0.2) is 37.3 Å². The highest BCUT2D eigenvalue weighted by molar-refractivity contribution is 7.18. The highest BCUT2D eigenvalue weighted by Crippen LogP contribution is 2.40. The first-order chi connectivity index (χ1) is 13.8. The van der Waals surface area contributed by atoms with Gasteiger partial charge < -0.3 is 23.9 Å². The van der Waals surface area contributed by atoms with Gasteiger partial charge in [-0.1, -0.05) is 0 Å². The fraction of sp³-hybridized carbons (Fsp3) is 0.350. The number of aromatic amines is 1. The Hall–Kier alpha value is -3.07. The highest BCUT2D eigenvalue weighted by atomic mass is 32.1. The minimum absolute atomic E-state index is 0.170. The fourth-order valence-electron chi connectivity index (χ4n) is 3.01. The average molecular weight is 418 g/mol. The molecule has 0 spiro atoms. The molecule has 0 radical (unpaired) electrons. The van der Waals surface area contributed by atoms with Crippen LogP contribution >= 0.6 is 11.3 Å². The lowest BCUT2D eigenvalue weighted by molar-refractivity contribution is 0.0316. The Bertz CT molecular complexity index is 1130. The second kappa shape index (κ2) is 8.12. The number of benzene rings is 1. The van der Waals surface area contributed by atoms with Crippen LogP contribution in [0.3, 0.4) is 0 Å². The zero-order valence-electron chi connectivity index (χ0n) is 17.0. The Morgan fingerprint density at radius 1 is 1.10 bits per heavy atom. The van der Waals surface area contributed by atoms with Crippen LogP contribution in [0, 0.1) is 13.8 Å². The summed E-state index contributed by atoms with van der Waals surface area (Å²) in [5.41, 5.74) is 0.826. The minimum atomic E-state index is -0.778. The van der Waals surface area contributed by atoms with Crippen molar-refractivity contribution >= 4 is 27.5 Å². The van der Waals surface area contributed by atoms with E-state index in [9.17, 15) is 9.59 Å². The molecule has 1 aromatic carbocycles. The molecule has 0 bridgehead atoms. The van der Waals surface area contributed by atoms with Gasteiger partial charge >= 0.3 is 5.97 Å². The quantitative estimate of drug-likeness (QED) is 0.611. The summed E-state index contributed by atoms with van der Waals surface area (Å²) in [4.78, 5) is 34.1. The third-order valence-electron chi connectivity index (χ3n) is 4.65. The van der Waals surface area contributed by atoms with Crippen molar-refractivity contribution in [1.29, 1.82) is 0 Å². The normalized spacial score (nSPS) is 11.9. The maximum Gasteiger partial charge on any atom is 0.342 e. The van der Waals surface area contributed by atoms with Crippen molar-refractivity contribution < 1.29 is 23.7 Å². The number of nitrogens with zero attached hydrogens (tertiary/aromatic N) is 1. The van der Waals surface area contributed by atoms with Crippen molar-refractivity contribution in [3.05, 3.63) is 44.3 Å². The number of rotatable bonds is 6. The van der Waals surface area contributed by atoms with Gasteiger partial charge in [0.05, 0.1) is 26.7 Å². The number of aromatic nitrogens is 2. The molecule has 3 rings (SSSR count). The summed E-state index contributed by atoms with van der Waals surface area (Å²) in [7, 11) is 4.36. The Balaban J connectivity index is 1.94. The molecule has 2 heterocycles. The third kappa shape index (κ3) is 3.65. The molecule has 154 valence electrons. The van der Waals surface area contributed by atoms with E-state index in [4.69, 9.17) is 18.9 Å². The van der Waals surface area contributed by atoms with E-state index in [1.54, 1.807) is 13.0 Å². The van der Waals surface area contributed by atoms with Crippen LogP contribution in [0.25, 0.3) is 10.2 Å². The SMILES string of the molecule is COc1ccc(C(=O)O[C@H](C)c2nc3sc(C)c(C)c3c(=O)[nH]2)c(OC)c1OC. The third-order valence-corrected chi connectivity index (χ3v) is 5.75. The number of fused-ring (bicyclic) bond motifs is 1. The molecule has 0 saturated carbocycles. The summed E-state index contributed by atoms with van der Waals surface area (Å²) in [6.07, 6.45) is -0.778. The second-order valence-electron chi connectivity index (χ2n) is 6.34. The fourth-order valence-corrected chi connectivity index (χ4v) is 4.04. The Morgan fingerprint density at radius 3 is 2.41 bits per heavy atom. The number of aryl methyl sites for hydroxylation is 2. The maximum absolute atomic E-state index is 12.8. The molecule has 1 atom stereocenters. The average Bonchev–Trinajstić information content (AvgIpc) is 3.00. The first kappa shape index (κ1) is 20.7. The van der Waals surface area contributed by atoms with E-state index >= 15 is 0 Å². The van der Waals surface area contributed by atoms with E-state index in [0.717, 1.165) is 10.4 Å². The number of carbonyl (C=O) groups excluding carboxylic acids is 1. The molecule has 1 N–H and O–H groups in total. The van der Waals surface area contributed by atoms with Crippen LogP contribution in [0.1, 0.15) is 39.7 Å². The number of thiophene rings is 1. The zero-order valence-corrected chi connectivity index (χ0v) is 17.9. The van der Waals surface area contributed by atoms with Gasteiger partial charge in [-0.05, 0) is 38.5 Å². The van der Waals surface area contributed by atoms with E-state index in [0.29, 0.717) is 16.0 Å². The molecule has 0 aliphatic rings. The monoisotopic (exact) mass is 418 g/mol. The highest BCUT2D eigenvalue weighted by Gasteiger charge is 2.24. The van der Waals surface area contributed by atoms with Crippen LogP contribution in [0.2, 0.25) is 0 Å². The van der Waals surface area contributed by atoms with E-state index in [1.165, 1.54) is 38.7 Å². The standard InChI is InChI=1S/C20H22N2O6S/c1-9-11(3)29-19-14(9)18(23)21-17(22-19)10(2)28-20(24)12-7-8-13(25-4)16(27-6)15(12)26-5/h7-8,10H,1-6H3,(H,21,22,23)/t10-/m1/s1. The molecule has 29 heavy (non-hydrogen) atoms. The van der Waals surface area contributed by atoms with Gasteiger partial charge in [0.25, 0.3) is 5.56 Å². The van der Waals surface area contributed by atoms with Crippen molar-refractivity contribution in [1.82, 2.24) is 9.97 Å². The topological polar surface area (TPSA) is 99.7 Å². The van der Waals surface area contributed by atoms with Crippen LogP contribution in [0.4, 0.5) is 0 Å². The Morgan fingerprint density at radius 2 is 1.79 bits per heavy atom. The molecular weight excluding hydrogens is 396 g/mol. The molecule has 0 aliphatic heterocycles.